The van der Waals surface area contributed by atoms with Crippen molar-refractivity contribution in [3.63, 3.8) is 0 Å². The van der Waals surface area contributed by atoms with Crippen molar-refractivity contribution in [3.05, 3.63) is 51.3 Å². The van der Waals surface area contributed by atoms with Crippen molar-refractivity contribution in [2.24, 2.45) is 10.2 Å². The zero-order chi connectivity index (χ0) is 16.1. The van der Waals surface area contributed by atoms with Gasteiger partial charge in [-0.25, -0.2) is 0 Å². The standard InChI is InChI=1S/C15H14BrN3O3/c1-9-15(22)13(11(8-20)5-17-9)7-19-18-6-10-4-12(16)2-3-14(10)21/h2-7,20-22H,8H2,1H3/b18-6-,19-7-. The third-order valence-corrected chi connectivity index (χ3v) is 3.46. The number of rotatable bonds is 4. The molecular weight excluding hydrogens is 350 g/mol. The maximum atomic E-state index is 9.94. The molecule has 0 aliphatic heterocycles. The number of aryl methyl sites for hydroxylation is 1. The van der Waals surface area contributed by atoms with E-state index in [-0.39, 0.29) is 18.1 Å². The lowest BCUT2D eigenvalue weighted by molar-refractivity contribution is 0.280. The number of halogens is 1. The Balaban J connectivity index is 2.24. The number of aliphatic hydroxyl groups excluding tert-OH is 1. The molecule has 1 aromatic heterocycles. The first-order valence-corrected chi connectivity index (χ1v) is 7.15. The molecule has 0 fully saturated rings. The van der Waals surface area contributed by atoms with E-state index in [9.17, 15) is 15.3 Å². The summed E-state index contributed by atoms with van der Waals surface area (Å²) in [6.45, 7) is 1.38. The highest BCUT2D eigenvalue weighted by atomic mass is 79.9. The molecule has 6 nitrogen and oxygen atoms in total. The second-order valence-corrected chi connectivity index (χ2v) is 5.40. The highest BCUT2D eigenvalue weighted by molar-refractivity contribution is 9.10. The van der Waals surface area contributed by atoms with E-state index in [0.29, 0.717) is 22.4 Å². The summed E-state index contributed by atoms with van der Waals surface area (Å²) in [4.78, 5) is 3.96. The van der Waals surface area contributed by atoms with Crippen LogP contribution in [-0.2, 0) is 6.61 Å². The van der Waals surface area contributed by atoms with E-state index >= 15 is 0 Å². The van der Waals surface area contributed by atoms with Crippen molar-refractivity contribution in [2.75, 3.05) is 0 Å². The third kappa shape index (κ3) is 3.69. The maximum absolute atomic E-state index is 9.94. The summed E-state index contributed by atoms with van der Waals surface area (Å²) in [5.41, 5.74) is 1.76. The summed E-state index contributed by atoms with van der Waals surface area (Å²) in [7, 11) is 0. The minimum Gasteiger partial charge on any atom is -0.507 e. The second-order valence-electron chi connectivity index (χ2n) is 4.48. The first kappa shape index (κ1) is 16.1. The predicted molar refractivity (Wildman–Crippen MR) is 87.6 cm³/mol. The van der Waals surface area contributed by atoms with E-state index < -0.39 is 0 Å². The molecule has 0 saturated carbocycles. The Morgan fingerprint density at radius 1 is 1.23 bits per heavy atom. The van der Waals surface area contributed by atoms with Gasteiger partial charge in [-0.15, -0.1) is 0 Å². The van der Waals surface area contributed by atoms with E-state index in [4.69, 9.17) is 0 Å². The number of benzene rings is 1. The topological polar surface area (TPSA) is 98.3 Å². The number of nitrogens with zero attached hydrogens (tertiary/aromatic N) is 3. The number of aromatic nitrogens is 1. The predicted octanol–water partition coefficient (Wildman–Crippen LogP) is 2.51. The molecule has 22 heavy (non-hydrogen) atoms. The Bertz CT molecular complexity index is 745. The van der Waals surface area contributed by atoms with Crippen LogP contribution in [0.25, 0.3) is 0 Å². The molecule has 2 rings (SSSR count). The fraction of sp³-hybridized carbons (Fsp3) is 0.133. The number of aliphatic hydroxyl groups is 1. The Kier molecular flexibility index (Phi) is 5.24. The molecule has 0 bridgehead atoms. The van der Waals surface area contributed by atoms with Crippen LogP contribution in [0.5, 0.6) is 11.5 Å². The Hall–Kier alpha value is -2.25. The average Bonchev–Trinajstić information content (AvgIpc) is 2.51. The molecule has 0 saturated heterocycles. The summed E-state index contributed by atoms with van der Waals surface area (Å²) in [5, 5.41) is 36.5. The van der Waals surface area contributed by atoms with Crippen molar-refractivity contribution >= 4 is 28.4 Å². The zero-order valence-corrected chi connectivity index (χ0v) is 13.3. The highest BCUT2D eigenvalue weighted by Gasteiger charge is 2.09. The van der Waals surface area contributed by atoms with Gasteiger partial charge >= 0.3 is 0 Å². The lowest BCUT2D eigenvalue weighted by atomic mass is 10.1. The summed E-state index contributed by atoms with van der Waals surface area (Å²) >= 11 is 3.30. The van der Waals surface area contributed by atoms with Gasteiger partial charge in [0.15, 0.2) is 0 Å². The largest absolute Gasteiger partial charge is 0.507 e. The van der Waals surface area contributed by atoms with Crippen LogP contribution in [0.1, 0.15) is 22.4 Å². The van der Waals surface area contributed by atoms with Crippen molar-refractivity contribution in [1.29, 1.82) is 0 Å². The van der Waals surface area contributed by atoms with Crippen LogP contribution in [0.2, 0.25) is 0 Å². The van der Waals surface area contributed by atoms with Crippen molar-refractivity contribution in [3.8, 4) is 11.5 Å². The molecule has 3 N–H and O–H groups in total. The molecule has 0 radical (unpaired) electrons. The van der Waals surface area contributed by atoms with Crippen molar-refractivity contribution in [1.82, 2.24) is 4.98 Å². The molecular formula is C15H14BrN3O3. The van der Waals surface area contributed by atoms with E-state index in [1.165, 1.54) is 24.7 Å². The van der Waals surface area contributed by atoms with Crippen LogP contribution in [0, 0.1) is 6.92 Å². The van der Waals surface area contributed by atoms with Crippen molar-refractivity contribution in [2.45, 2.75) is 13.5 Å². The van der Waals surface area contributed by atoms with Gasteiger partial charge < -0.3 is 15.3 Å². The number of aromatic hydroxyl groups is 2. The van der Waals surface area contributed by atoms with Gasteiger partial charge in [0.1, 0.15) is 11.5 Å². The smallest absolute Gasteiger partial charge is 0.145 e. The molecule has 0 spiro atoms. The molecule has 0 aliphatic rings. The summed E-state index contributed by atoms with van der Waals surface area (Å²) < 4.78 is 0.806. The van der Waals surface area contributed by atoms with Gasteiger partial charge in [0.2, 0.25) is 0 Å². The molecule has 2 aromatic rings. The maximum Gasteiger partial charge on any atom is 0.145 e. The summed E-state index contributed by atoms with van der Waals surface area (Å²) in [5.74, 6) is 0.0385. The molecule has 0 unspecified atom stereocenters. The quantitative estimate of drug-likeness (QED) is 0.574. The molecule has 0 atom stereocenters. The Morgan fingerprint density at radius 3 is 2.68 bits per heavy atom. The van der Waals surface area contributed by atoms with Gasteiger partial charge in [-0.05, 0) is 25.1 Å². The first-order chi connectivity index (χ1) is 10.5. The Morgan fingerprint density at radius 2 is 1.95 bits per heavy atom. The SMILES string of the molecule is Cc1ncc(CO)c(/C=N\N=C/c2cc(Br)ccc2O)c1O. The van der Waals surface area contributed by atoms with Gasteiger partial charge in [-0.2, -0.15) is 10.2 Å². The van der Waals surface area contributed by atoms with Crippen LogP contribution >= 0.6 is 15.9 Å². The van der Waals surface area contributed by atoms with Crippen LogP contribution < -0.4 is 0 Å². The van der Waals surface area contributed by atoms with E-state index in [2.05, 4.69) is 31.1 Å². The lowest BCUT2D eigenvalue weighted by Crippen LogP contribution is -1.97. The van der Waals surface area contributed by atoms with E-state index in [1.54, 1.807) is 19.1 Å². The van der Waals surface area contributed by atoms with Gasteiger partial charge in [0.05, 0.1) is 24.7 Å². The molecule has 0 amide bonds. The lowest BCUT2D eigenvalue weighted by Gasteiger charge is -2.06. The fourth-order valence-electron chi connectivity index (χ4n) is 1.74. The van der Waals surface area contributed by atoms with E-state index in [0.717, 1.165) is 4.47 Å². The number of phenols is 1. The zero-order valence-electron chi connectivity index (χ0n) is 11.7. The average molecular weight is 364 g/mol. The van der Waals surface area contributed by atoms with Crippen LogP contribution in [0.3, 0.4) is 0 Å². The number of hydrogen-bond acceptors (Lipinski definition) is 6. The molecule has 7 heteroatoms. The normalized spacial score (nSPS) is 11.6. The monoisotopic (exact) mass is 363 g/mol. The van der Waals surface area contributed by atoms with Gasteiger partial charge in [-0.3, -0.25) is 4.98 Å². The molecule has 1 aromatic carbocycles. The van der Waals surface area contributed by atoms with Crippen LogP contribution in [0.4, 0.5) is 0 Å². The van der Waals surface area contributed by atoms with E-state index in [1.807, 2.05) is 0 Å². The van der Waals surface area contributed by atoms with Gasteiger partial charge in [0.25, 0.3) is 0 Å². The van der Waals surface area contributed by atoms with Crippen LogP contribution in [-0.4, -0.2) is 32.7 Å². The molecule has 114 valence electrons. The van der Waals surface area contributed by atoms with Crippen molar-refractivity contribution < 1.29 is 15.3 Å². The van der Waals surface area contributed by atoms with Crippen LogP contribution in [0.15, 0.2) is 39.1 Å². The number of phenolic OH excluding ortho intramolecular Hbond substituents is 1. The summed E-state index contributed by atoms with van der Waals surface area (Å²) in [6.07, 6.45) is 4.20. The van der Waals surface area contributed by atoms with Gasteiger partial charge in [-0.1, -0.05) is 15.9 Å². The minimum absolute atomic E-state index is 0.0456. The third-order valence-electron chi connectivity index (χ3n) is 2.97. The minimum atomic E-state index is -0.266. The molecule has 0 aliphatic carbocycles. The Labute approximate surface area is 135 Å². The highest BCUT2D eigenvalue weighted by Crippen LogP contribution is 2.22. The number of pyridine rings is 1. The molecule has 1 heterocycles. The second kappa shape index (κ2) is 7.15. The fourth-order valence-corrected chi connectivity index (χ4v) is 2.12. The first-order valence-electron chi connectivity index (χ1n) is 6.36. The number of hydrogen-bond donors (Lipinski definition) is 3. The van der Waals surface area contributed by atoms with Gasteiger partial charge in [0, 0.05) is 27.4 Å². The summed E-state index contributed by atoms with van der Waals surface area (Å²) in [6, 6.07) is 4.94.